The minimum Gasteiger partial charge on any atom is -0.374 e. The molecule has 0 saturated heterocycles. The van der Waals surface area contributed by atoms with Crippen molar-refractivity contribution in [1.29, 1.82) is 0 Å². The number of nitrogens with zero attached hydrogens (tertiary/aromatic N) is 1. The van der Waals surface area contributed by atoms with Crippen LogP contribution in [0.4, 0.5) is 4.39 Å². The van der Waals surface area contributed by atoms with Crippen molar-refractivity contribution >= 4 is 10.0 Å². The third-order valence-corrected chi connectivity index (χ3v) is 3.52. The Bertz CT molecular complexity index is 446. The van der Waals surface area contributed by atoms with Gasteiger partial charge in [0.1, 0.15) is 17.2 Å². The number of ether oxygens (including phenoxy) is 1. The summed E-state index contributed by atoms with van der Waals surface area (Å²) in [5.74, 6) is -0.498. The number of nitrogens with two attached hydrogens (primary N) is 1. The molecule has 2 unspecified atom stereocenters. The highest BCUT2D eigenvalue weighted by Crippen LogP contribution is 2.22. The smallest absolute Gasteiger partial charge is 0.214 e. The molecule has 7 heteroatoms. The fourth-order valence-corrected chi connectivity index (χ4v) is 1.88. The lowest BCUT2D eigenvalue weighted by Crippen LogP contribution is -2.32. The molecule has 5 nitrogen and oxygen atoms in total. The third kappa shape index (κ3) is 2.97. The summed E-state index contributed by atoms with van der Waals surface area (Å²) in [6.45, 7) is 1.41. The van der Waals surface area contributed by atoms with E-state index in [2.05, 4.69) is 4.98 Å². The minimum atomic E-state index is -3.73. The Hall–Kier alpha value is -1.05. The number of pyridine rings is 1. The van der Waals surface area contributed by atoms with E-state index in [1.807, 2.05) is 0 Å². The van der Waals surface area contributed by atoms with Crippen LogP contribution in [0.3, 0.4) is 0 Å². The molecule has 0 amide bonds. The maximum atomic E-state index is 12.6. The molecule has 0 bridgehead atoms. The van der Waals surface area contributed by atoms with Crippen molar-refractivity contribution in [3.05, 3.63) is 29.8 Å². The van der Waals surface area contributed by atoms with Crippen molar-refractivity contribution in [3.63, 3.8) is 0 Å². The largest absolute Gasteiger partial charge is 0.374 e. The molecule has 0 aliphatic rings. The highest BCUT2D eigenvalue weighted by atomic mass is 32.2. The van der Waals surface area contributed by atoms with E-state index in [4.69, 9.17) is 9.88 Å². The molecule has 2 atom stereocenters. The summed E-state index contributed by atoms with van der Waals surface area (Å²) in [5, 5.41) is 4.06. The molecule has 0 saturated carbocycles. The van der Waals surface area contributed by atoms with Crippen LogP contribution in [-0.4, -0.2) is 25.8 Å². The zero-order valence-electron chi connectivity index (χ0n) is 8.92. The van der Waals surface area contributed by atoms with E-state index in [-0.39, 0.29) is 0 Å². The SMILES string of the molecule is COC(c1ccc(F)cn1)C(C)S(N)(=O)=O. The fraction of sp³-hybridized carbons (Fsp3) is 0.444. The van der Waals surface area contributed by atoms with Gasteiger partial charge in [-0.05, 0) is 19.1 Å². The molecule has 0 spiro atoms. The first kappa shape index (κ1) is 13.0. The molecule has 0 radical (unpaired) electrons. The van der Waals surface area contributed by atoms with Crippen LogP contribution in [0.5, 0.6) is 0 Å². The highest BCUT2D eigenvalue weighted by Gasteiger charge is 2.28. The van der Waals surface area contributed by atoms with Crippen LogP contribution in [0.1, 0.15) is 18.7 Å². The lowest BCUT2D eigenvalue weighted by molar-refractivity contribution is 0.0986. The number of rotatable bonds is 4. The Morgan fingerprint density at radius 3 is 2.50 bits per heavy atom. The van der Waals surface area contributed by atoms with Gasteiger partial charge in [0, 0.05) is 7.11 Å². The molecule has 90 valence electrons. The van der Waals surface area contributed by atoms with Crippen LogP contribution >= 0.6 is 0 Å². The second-order valence-corrected chi connectivity index (χ2v) is 5.27. The molecular weight excluding hydrogens is 235 g/mol. The van der Waals surface area contributed by atoms with Crippen LogP contribution in [-0.2, 0) is 14.8 Å². The van der Waals surface area contributed by atoms with Gasteiger partial charge in [-0.1, -0.05) is 0 Å². The number of hydrogen-bond donors (Lipinski definition) is 1. The summed E-state index contributed by atoms with van der Waals surface area (Å²) < 4.78 is 40.0. The standard InChI is InChI=1S/C9H13FN2O3S/c1-6(16(11,13)14)9(15-2)8-4-3-7(10)5-12-8/h3-6,9H,1-2H3,(H2,11,13,14). The van der Waals surface area contributed by atoms with Gasteiger partial charge in [-0.3, -0.25) is 4.98 Å². The van der Waals surface area contributed by atoms with Gasteiger partial charge in [-0.2, -0.15) is 0 Å². The Labute approximate surface area is 93.5 Å². The Balaban J connectivity index is 3.03. The second kappa shape index (κ2) is 4.86. The van der Waals surface area contributed by atoms with Gasteiger partial charge in [-0.15, -0.1) is 0 Å². The zero-order valence-corrected chi connectivity index (χ0v) is 9.74. The number of aromatic nitrogens is 1. The first-order valence-electron chi connectivity index (χ1n) is 4.52. The average molecular weight is 248 g/mol. The monoisotopic (exact) mass is 248 g/mol. The van der Waals surface area contributed by atoms with Gasteiger partial charge in [-0.25, -0.2) is 17.9 Å². The molecule has 0 aliphatic heterocycles. The summed E-state index contributed by atoms with van der Waals surface area (Å²) in [6.07, 6.45) is 0.188. The van der Waals surface area contributed by atoms with Crippen molar-refractivity contribution in [3.8, 4) is 0 Å². The number of halogens is 1. The van der Waals surface area contributed by atoms with Crippen molar-refractivity contribution in [2.24, 2.45) is 5.14 Å². The summed E-state index contributed by atoms with van der Waals surface area (Å²) in [7, 11) is -2.39. The van der Waals surface area contributed by atoms with E-state index >= 15 is 0 Å². The molecule has 1 rings (SSSR count). The van der Waals surface area contributed by atoms with E-state index < -0.39 is 27.2 Å². The first-order chi connectivity index (χ1) is 7.36. The summed E-state index contributed by atoms with van der Waals surface area (Å²) in [6, 6.07) is 2.55. The van der Waals surface area contributed by atoms with Gasteiger partial charge in [0.15, 0.2) is 0 Å². The zero-order chi connectivity index (χ0) is 12.3. The van der Waals surface area contributed by atoms with Crippen LogP contribution in [0.2, 0.25) is 0 Å². The van der Waals surface area contributed by atoms with Crippen LogP contribution in [0, 0.1) is 5.82 Å². The van der Waals surface area contributed by atoms with E-state index in [1.54, 1.807) is 0 Å². The van der Waals surface area contributed by atoms with Crippen LogP contribution < -0.4 is 5.14 Å². The Morgan fingerprint density at radius 1 is 1.50 bits per heavy atom. The van der Waals surface area contributed by atoms with Crippen LogP contribution in [0.15, 0.2) is 18.3 Å². The molecular formula is C9H13FN2O3S. The summed E-state index contributed by atoms with van der Waals surface area (Å²) in [4.78, 5) is 3.76. The lowest BCUT2D eigenvalue weighted by Gasteiger charge is -2.20. The molecule has 1 heterocycles. The number of methoxy groups -OCH3 is 1. The second-order valence-electron chi connectivity index (χ2n) is 3.35. The molecule has 0 aliphatic carbocycles. The van der Waals surface area contributed by atoms with E-state index in [1.165, 1.54) is 26.2 Å². The van der Waals surface area contributed by atoms with E-state index in [0.29, 0.717) is 5.69 Å². The van der Waals surface area contributed by atoms with Gasteiger partial charge in [0.05, 0.1) is 11.9 Å². The average Bonchev–Trinajstić information content (AvgIpc) is 2.20. The first-order valence-corrected chi connectivity index (χ1v) is 6.13. The third-order valence-electron chi connectivity index (χ3n) is 2.24. The molecule has 1 aromatic rings. The topological polar surface area (TPSA) is 82.3 Å². The van der Waals surface area contributed by atoms with Crippen molar-refractivity contribution in [2.75, 3.05) is 7.11 Å². The Kier molecular flexibility index (Phi) is 3.95. The fourth-order valence-electron chi connectivity index (χ4n) is 1.28. The number of sulfonamides is 1. The number of hydrogen-bond acceptors (Lipinski definition) is 4. The maximum Gasteiger partial charge on any atom is 0.214 e. The van der Waals surface area contributed by atoms with Crippen LogP contribution in [0.25, 0.3) is 0 Å². The lowest BCUT2D eigenvalue weighted by atomic mass is 10.2. The normalized spacial score (nSPS) is 15.8. The van der Waals surface area contributed by atoms with Gasteiger partial charge < -0.3 is 4.74 Å². The van der Waals surface area contributed by atoms with E-state index in [0.717, 1.165) is 6.20 Å². The van der Waals surface area contributed by atoms with Gasteiger partial charge >= 0.3 is 0 Å². The molecule has 0 fully saturated rings. The molecule has 16 heavy (non-hydrogen) atoms. The predicted octanol–water partition coefficient (Wildman–Crippen LogP) is 0.585. The van der Waals surface area contributed by atoms with Crippen molar-refractivity contribution < 1.29 is 17.5 Å². The molecule has 1 aromatic heterocycles. The highest BCUT2D eigenvalue weighted by molar-refractivity contribution is 7.89. The Morgan fingerprint density at radius 2 is 2.12 bits per heavy atom. The van der Waals surface area contributed by atoms with Crippen molar-refractivity contribution in [1.82, 2.24) is 4.98 Å². The minimum absolute atomic E-state index is 0.324. The van der Waals surface area contributed by atoms with Crippen molar-refractivity contribution in [2.45, 2.75) is 18.3 Å². The van der Waals surface area contributed by atoms with Gasteiger partial charge in [0.25, 0.3) is 0 Å². The number of primary sulfonamides is 1. The molecule has 2 N–H and O–H groups in total. The summed E-state index contributed by atoms with van der Waals surface area (Å²) >= 11 is 0. The summed E-state index contributed by atoms with van der Waals surface area (Å²) in [5.41, 5.74) is 0.324. The van der Waals surface area contributed by atoms with E-state index in [9.17, 15) is 12.8 Å². The quantitative estimate of drug-likeness (QED) is 0.845. The molecule has 0 aromatic carbocycles. The predicted molar refractivity (Wildman–Crippen MR) is 56.5 cm³/mol. The van der Waals surface area contributed by atoms with Gasteiger partial charge in [0.2, 0.25) is 10.0 Å². The maximum absolute atomic E-state index is 12.6.